The maximum absolute atomic E-state index is 2.55. The molecule has 0 N–H and O–H groups in total. The number of rotatable bonds is 1. The van der Waals surface area contributed by atoms with Crippen LogP contribution in [0.2, 0.25) is 0 Å². The van der Waals surface area contributed by atoms with Crippen LogP contribution in [0.3, 0.4) is 0 Å². The van der Waals surface area contributed by atoms with E-state index in [-0.39, 0.29) is 5.41 Å². The van der Waals surface area contributed by atoms with Crippen LogP contribution in [0.25, 0.3) is 75.8 Å². The Kier molecular flexibility index (Phi) is 4.19. The Morgan fingerprint density at radius 2 is 1.15 bits per heavy atom. The Bertz CT molecular complexity index is 2290. The highest BCUT2D eigenvalue weighted by Crippen LogP contribution is 2.63. The van der Waals surface area contributed by atoms with Gasteiger partial charge in [0.25, 0.3) is 0 Å². The van der Waals surface area contributed by atoms with Crippen molar-refractivity contribution in [2.24, 2.45) is 0 Å². The van der Waals surface area contributed by atoms with E-state index in [0.717, 1.165) is 0 Å². The molecule has 2 unspecified atom stereocenters. The van der Waals surface area contributed by atoms with E-state index in [4.69, 9.17) is 0 Å². The molecule has 2 aliphatic rings. The molecule has 196 valence electrons. The van der Waals surface area contributed by atoms with Gasteiger partial charge in [-0.2, -0.15) is 0 Å². The molecule has 0 saturated heterocycles. The van der Waals surface area contributed by atoms with E-state index in [9.17, 15) is 0 Å². The minimum atomic E-state index is 0.256. The Labute approximate surface area is 244 Å². The standard InChI is InChI=1S/C40H30S/c1-39-18-3-4-19-40(39,2)41-36-17-14-24(20-35(36)39)25-15-16-30-34-22-32-28-11-6-9-23-8-5-10-27(37(23)28)31(32)21-33(34)29-13-7-12-26(25)38(29)30/h5-17,20-22H,3-4,18-19H2,1-2H3. The molecule has 0 amide bonds. The number of hydrogen-bond acceptors (Lipinski definition) is 1. The molecule has 8 aromatic carbocycles. The molecule has 1 heteroatoms. The van der Waals surface area contributed by atoms with Crippen LogP contribution in [-0.2, 0) is 5.41 Å². The molecule has 1 aliphatic carbocycles. The fourth-order valence-electron chi connectivity index (χ4n) is 8.91. The second-order valence-electron chi connectivity index (χ2n) is 13.1. The summed E-state index contributed by atoms with van der Waals surface area (Å²) in [6, 6.07) is 37.6. The average molecular weight is 543 g/mol. The van der Waals surface area contributed by atoms with Gasteiger partial charge >= 0.3 is 0 Å². The summed E-state index contributed by atoms with van der Waals surface area (Å²) in [6.45, 7) is 5.06. The van der Waals surface area contributed by atoms with E-state index in [1.807, 2.05) is 0 Å². The van der Waals surface area contributed by atoms with Gasteiger partial charge < -0.3 is 0 Å². The Balaban J connectivity index is 1.24. The summed E-state index contributed by atoms with van der Waals surface area (Å²) in [4.78, 5) is 1.50. The normalized spacial score (nSPS) is 22.6. The van der Waals surface area contributed by atoms with Crippen LogP contribution in [0.5, 0.6) is 0 Å². The van der Waals surface area contributed by atoms with Gasteiger partial charge in [0, 0.05) is 15.1 Å². The molecule has 0 radical (unpaired) electrons. The second kappa shape index (κ2) is 7.52. The van der Waals surface area contributed by atoms with Crippen LogP contribution < -0.4 is 0 Å². The van der Waals surface area contributed by atoms with Crippen molar-refractivity contribution in [3.8, 4) is 11.1 Å². The molecule has 1 fully saturated rings. The van der Waals surface area contributed by atoms with Gasteiger partial charge in [-0.15, -0.1) is 11.8 Å². The first-order valence-corrected chi connectivity index (χ1v) is 16.0. The summed E-state index contributed by atoms with van der Waals surface area (Å²) in [5.74, 6) is 0. The average Bonchev–Trinajstić information content (AvgIpc) is 3.57. The highest BCUT2D eigenvalue weighted by atomic mass is 32.2. The maximum Gasteiger partial charge on any atom is 0.0273 e. The zero-order valence-corrected chi connectivity index (χ0v) is 24.3. The van der Waals surface area contributed by atoms with E-state index in [1.165, 1.54) is 106 Å². The van der Waals surface area contributed by atoms with Crippen LogP contribution in [0.15, 0.2) is 102 Å². The van der Waals surface area contributed by atoms with Crippen LogP contribution in [0.4, 0.5) is 0 Å². The third-order valence-electron chi connectivity index (χ3n) is 11.2. The van der Waals surface area contributed by atoms with Crippen molar-refractivity contribution in [2.45, 2.75) is 54.6 Å². The predicted molar refractivity (Wildman–Crippen MR) is 179 cm³/mol. The molecule has 2 atom stereocenters. The molecular weight excluding hydrogens is 513 g/mol. The van der Waals surface area contributed by atoms with Crippen molar-refractivity contribution in [2.75, 3.05) is 0 Å². The van der Waals surface area contributed by atoms with Crippen molar-refractivity contribution in [1.29, 1.82) is 0 Å². The van der Waals surface area contributed by atoms with Crippen molar-refractivity contribution in [1.82, 2.24) is 0 Å². The molecule has 0 bridgehead atoms. The van der Waals surface area contributed by atoms with Crippen molar-refractivity contribution < 1.29 is 0 Å². The summed E-state index contributed by atoms with van der Waals surface area (Å²) >= 11 is 2.14. The van der Waals surface area contributed by atoms with Gasteiger partial charge in [-0.1, -0.05) is 92.6 Å². The summed E-state index contributed by atoms with van der Waals surface area (Å²) in [7, 11) is 0. The van der Waals surface area contributed by atoms with Gasteiger partial charge in [0.2, 0.25) is 0 Å². The Morgan fingerprint density at radius 1 is 0.537 bits per heavy atom. The third kappa shape index (κ3) is 2.70. The highest BCUT2D eigenvalue weighted by molar-refractivity contribution is 8.01. The zero-order chi connectivity index (χ0) is 27.1. The van der Waals surface area contributed by atoms with E-state index >= 15 is 0 Å². The minimum Gasteiger partial charge on any atom is -0.118 e. The van der Waals surface area contributed by atoms with E-state index in [1.54, 1.807) is 5.56 Å². The Hall–Kier alpha value is -3.81. The first-order chi connectivity index (χ1) is 20.0. The van der Waals surface area contributed by atoms with Crippen LogP contribution in [0, 0.1) is 0 Å². The zero-order valence-electron chi connectivity index (χ0n) is 23.5. The van der Waals surface area contributed by atoms with E-state index in [0.29, 0.717) is 4.75 Å². The van der Waals surface area contributed by atoms with Crippen LogP contribution in [-0.4, -0.2) is 4.75 Å². The lowest BCUT2D eigenvalue weighted by molar-refractivity contribution is 0.260. The van der Waals surface area contributed by atoms with Gasteiger partial charge in [0.1, 0.15) is 0 Å². The first kappa shape index (κ1) is 22.8. The third-order valence-corrected chi connectivity index (χ3v) is 12.9. The molecule has 1 heterocycles. The molecule has 41 heavy (non-hydrogen) atoms. The fourth-order valence-corrected chi connectivity index (χ4v) is 10.6. The lowest BCUT2D eigenvalue weighted by Crippen LogP contribution is -2.43. The maximum atomic E-state index is 2.55. The minimum absolute atomic E-state index is 0.256. The molecular formula is C40H30S. The van der Waals surface area contributed by atoms with Gasteiger partial charge in [0.15, 0.2) is 0 Å². The smallest absolute Gasteiger partial charge is 0.0273 e. The van der Waals surface area contributed by atoms with Crippen molar-refractivity contribution >= 4 is 76.4 Å². The molecule has 0 aromatic heterocycles. The van der Waals surface area contributed by atoms with Crippen molar-refractivity contribution in [3.05, 3.63) is 103 Å². The number of hydrogen-bond donors (Lipinski definition) is 0. The lowest BCUT2D eigenvalue weighted by Gasteiger charge is -2.45. The number of thioether (sulfide) groups is 1. The Morgan fingerprint density at radius 3 is 1.88 bits per heavy atom. The monoisotopic (exact) mass is 542 g/mol. The topological polar surface area (TPSA) is 0 Å². The first-order valence-electron chi connectivity index (χ1n) is 15.2. The van der Waals surface area contributed by atoms with Crippen LogP contribution in [0.1, 0.15) is 45.1 Å². The van der Waals surface area contributed by atoms with Gasteiger partial charge in [-0.05, 0) is 125 Å². The second-order valence-corrected chi connectivity index (χ2v) is 14.7. The largest absolute Gasteiger partial charge is 0.118 e. The molecule has 1 aliphatic heterocycles. The van der Waals surface area contributed by atoms with E-state index in [2.05, 4.69) is 123 Å². The highest BCUT2D eigenvalue weighted by Gasteiger charge is 2.53. The number of benzene rings is 6. The van der Waals surface area contributed by atoms with E-state index < -0.39 is 0 Å². The quantitative estimate of drug-likeness (QED) is 0.199. The number of fused-ring (bicyclic) bond motifs is 9. The van der Waals surface area contributed by atoms with Crippen molar-refractivity contribution in [3.63, 3.8) is 0 Å². The van der Waals surface area contributed by atoms with Gasteiger partial charge in [0.05, 0.1) is 0 Å². The van der Waals surface area contributed by atoms with Crippen LogP contribution >= 0.6 is 11.8 Å². The van der Waals surface area contributed by atoms with Gasteiger partial charge in [-0.3, -0.25) is 0 Å². The summed E-state index contributed by atoms with van der Waals surface area (Å²) in [5.41, 5.74) is 4.56. The molecule has 1 saturated carbocycles. The SMILES string of the molecule is CC12CCCCC1(C)c1cc(-c3ccc4c5cc6c(cc5c5cccc3c54)c3cccc4cccc6c43)ccc1S2. The molecule has 0 spiro atoms. The predicted octanol–water partition coefficient (Wildman–Crippen LogP) is 11.8. The summed E-state index contributed by atoms with van der Waals surface area (Å²) in [5, 5.41) is 16.5. The molecule has 8 aromatic rings. The molecule has 10 rings (SSSR count). The lowest BCUT2D eigenvalue weighted by atomic mass is 9.64. The molecule has 0 nitrogen and oxygen atoms in total. The summed E-state index contributed by atoms with van der Waals surface area (Å²) in [6.07, 6.45) is 5.33. The van der Waals surface area contributed by atoms with Gasteiger partial charge in [-0.25, -0.2) is 0 Å². The fraction of sp³-hybridized carbons (Fsp3) is 0.200. The summed E-state index contributed by atoms with van der Waals surface area (Å²) < 4.78 is 0.319.